The molecule has 0 aliphatic rings. The normalized spacial score (nSPS) is 11.3. The highest BCUT2D eigenvalue weighted by Crippen LogP contribution is 2.18. The van der Waals surface area contributed by atoms with Crippen molar-refractivity contribution in [3.63, 3.8) is 0 Å². The lowest BCUT2D eigenvalue weighted by Gasteiger charge is -2.25. The summed E-state index contributed by atoms with van der Waals surface area (Å²) in [6.07, 6.45) is 0.824. The van der Waals surface area contributed by atoms with E-state index in [-0.39, 0.29) is 18.4 Å². The number of hydrogen-bond acceptors (Lipinski definition) is 3. The predicted molar refractivity (Wildman–Crippen MR) is 84.1 cm³/mol. The summed E-state index contributed by atoms with van der Waals surface area (Å²) in [6, 6.07) is 6.18. The summed E-state index contributed by atoms with van der Waals surface area (Å²) in [7, 11) is 1.65. The SMILES string of the molecule is CN(CC(C)(C)O)C(=O)NCCCSc1ccc(F)cc1. The fraction of sp³-hybridized carbons (Fsp3) is 0.533. The Morgan fingerprint density at radius 1 is 1.38 bits per heavy atom. The summed E-state index contributed by atoms with van der Waals surface area (Å²) < 4.78 is 12.7. The molecule has 2 amide bonds. The van der Waals surface area contributed by atoms with Crippen molar-refractivity contribution < 1.29 is 14.3 Å². The van der Waals surface area contributed by atoms with Gasteiger partial charge in [-0.05, 0) is 50.3 Å². The van der Waals surface area contributed by atoms with Gasteiger partial charge in [0.25, 0.3) is 0 Å². The van der Waals surface area contributed by atoms with E-state index in [1.54, 1.807) is 44.8 Å². The first-order valence-electron chi connectivity index (χ1n) is 6.88. The number of aliphatic hydroxyl groups is 1. The summed E-state index contributed by atoms with van der Waals surface area (Å²) in [5, 5.41) is 12.4. The molecular formula is C15H23FN2O2S. The molecule has 118 valence electrons. The lowest BCUT2D eigenvalue weighted by atomic mass is 10.1. The lowest BCUT2D eigenvalue weighted by molar-refractivity contribution is 0.0532. The van der Waals surface area contributed by atoms with Crippen molar-refractivity contribution in [2.75, 3.05) is 25.9 Å². The fourth-order valence-electron chi connectivity index (χ4n) is 1.78. The highest BCUT2D eigenvalue weighted by Gasteiger charge is 2.18. The third-order valence-corrected chi connectivity index (χ3v) is 3.75. The molecule has 0 aliphatic heterocycles. The van der Waals surface area contributed by atoms with Crippen molar-refractivity contribution in [1.29, 1.82) is 0 Å². The molecule has 0 saturated heterocycles. The number of benzene rings is 1. The third kappa shape index (κ3) is 7.92. The van der Waals surface area contributed by atoms with E-state index in [1.807, 2.05) is 0 Å². The van der Waals surface area contributed by atoms with Crippen LogP contribution in [0.1, 0.15) is 20.3 Å². The van der Waals surface area contributed by atoms with E-state index in [1.165, 1.54) is 17.0 Å². The minimum absolute atomic E-state index is 0.191. The van der Waals surface area contributed by atoms with Crippen molar-refractivity contribution >= 4 is 17.8 Å². The van der Waals surface area contributed by atoms with Crippen molar-refractivity contribution in [3.05, 3.63) is 30.1 Å². The summed E-state index contributed by atoms with van der Waals surface area (Å²) in [4.78, 5) is 14.2. The molecule has 0 saturated carbocycles. The second kappa shape index (κ2) is 8.24. The lowest BCUT2D eigenvalue weighted by Crippen LogP contribution is -2.44. The molecule has 0 unspecified atom stereocenters. The van der Waals surface area contributed by atoms with Gasteiger partial charge in [-0.2, -0.15) is 0 Å². The topological polar surface area (TPSA) is 52.6 Å². The molecule has 0 aromatic heterocycles. The average Bonchev–Trinajstić information content (AvgIpc) is 2.38. The number of carbonyl (C=O) groups excluding carboxylic acids is 1. The quantitative estimate of drug-likeness (QED) is 0.601. The summed E-state index contributed by atoms with van der Waals surface area (Å²) in [5.41, 5.74) is -0.898. The molecule has 0 bridgehead atoms. The van der Waals surface area contributed by atoms with Gasteiger partial charge in [0.1, 0.15) is 5.82 Å². The van der Waals surface area contributed by atoms with E-state index in [0.717, 1.165) is 17.1 Å². The monoisotopic (exact) mass is 314 g/mol. The van der Waals surface area contributed by atoms with Crippen molar-refractivity contribution in [2.45, 2.75) is 30.8 Å². The number of thioether (sulfide) groups is 1. The first-order chi connectivity index (χ1) is 9.78. The number of halogens is 1. The van der Waals surface area contributed by atoms with Crippen LogP contribution in [-0.2, 0) is 0 Å². The Balaban J connectivity index is 2.16. The fourth-order valence-corrected chi connectivity index (χ4v) is 2.63. The molecule has 1 rings (SSSR count). The van der Waals surface area contributed by atoms with Crippen LogP contribution in [0.15, 0.2) is 29.2 Å². The zero-order valence-corrected chi connectivity index (χ0v) is 13.5. The Hall–Kier alpha value is -1.27. The molecule has 0 fully saturated rings. The number of rotatable bonds is 7. The molecule has 0 aliphatic carbocycles. The smallest absolute Gasteiger partial charge is 0.317 e. The van der Waals surface area contributed by atoms with Gasteiger partial charge in [-0.1, -0.05) is 0 Å². The van der Waals surface area contributed by atoms with Crippen LogP contribution in [0.3, 0.4) is 0 Å². The molecule has 6 heteroatoms. The van der Waals surface area contributed by atoms with Gasteiger partial charge in [0, 0.05) is 18.5 Å². The number of amides is 2. The minimum Gasteiger partial charge on any atom is -0.389 e. The van der Waals surface area contributed by atoms with Gasteiger partial charge in [0.15, 0.2) is 0 Å². The molecule has 0 radical (unpaired) electrons. The number of carbonyl (C=O) groups is 1. The van der Waals surface area contributed by atoms with Gasteiger partial charge in [-0.3, -0.25) is 0 Å². The van der Waals surface area contributed by atoms with Gasteiger partial charge in [-0.25, -0.2) is 9.18 Å². The Morgan fingerprint density at radius 2 is 2.00 bits per heavy atom. The Labute approximate surface area is 129 Å². The Bertz CT molecular complexity index is 446. The second-order valence-corrected chi connectivity index (χ2v) is 6.72. The largest absolute Gasteiger partial charge is 0.389 e. The molecule has 2 N–H and O–H groups in total. The average molecular weight is 314 g/mol. The molecule has 0 heterocycles. The zero-order valence-electron chi connectivity index (χ0n) is 12.7. The van der Waals surface area contributed by atoms with Gasteiger partial charge in [0.05, 0.1) is 12.1 Å². The van der Waals surface area contributed by atoms with Crippen LogP contribution >= 0.6 is 11.8 Å². The standard InChI is InChI=1S/C15H23FN2O2S/c1-15(2,20)11-18(3)14(19)17-9-4-10-21-13-7-5-12(16)6-8-13/h5-8,20H,4,9-11H2,1-3H3,(H,17,19). The van der Waals surface area contributed by atoms with Crippen molar-refractivity contribution in [2.24, 2.45) is 0 Å². The minimum atomic E-state index is -0.898. The molecule has 1 aromatic carbocycles. The first-order valence-corrected chi connectivity index (χ1v) is 7.86. The first kappa shape index (κ1) is 17.8. The molecule has 1 aromatic rings. The van der Waals surface area contributed by atoms with Crippen LogP contribution in [-0.4, -0.2) is 47.5 Å². The number of urea groups is 1. The Kier molecular flexibility index (Phi) is 6.98. The van der Waals surface area contributed by atoms with Gasteiger partial charge in [0.2, 0.25) is 0 Å². The summed E-state index contributed by atoms with van der Waals surface area (Å²) >= 11 is 1.63. The van der Waals surface area contributed by atoms with E-state index in [2.05, 4.69) is 5.32 Å². The molecule has 0 spiro atoms. The maximum atomic E-state index is 12.7. The highest BCUT2D eigenvalue weighted by molar-refractivity contribution is 7.99. The molecule has 4 nitrogen and oxygen atoms in total. The van der Waals surface area contributed by atoms with Gasteiger partial charge < -0.3 is 15.3 Å². The van der Waals surface area contributed by atoms with Crippen LogP contribution in [0.25, 0.3) is 0 Å². The van der Waals surface area contributed by atoms with Gasteiger partial charge in [-0.15, -0.1) is 11.8 Å². The molecule has 0 atom stereocenters. The second-order valence-electron chi connectivity index (χ2n) is 5.56. The molecule has 21 heavy (non-hydrogen) atoms. The van der Waals surface area contributed by atoms with Gasteiger partial charge >= 0.3 is 6.03 Å². The number of nitrogens with one attached hydrogen (secondary N) is 1. The summed E-state index contributed by atoms with van der Waals surface area (Å²) in [5.74, 6) is 0.614. The number of hydrogen-bond donors (Lipinski definition) is 2. The third-order valence-electron chi connectivity index (χ3n) is 2.65. The van der Waals surface area contributed by atoms with Crippen molar-refractivity contribution in [3.8, 4) is 0 Å². The van der Waals surface area contributed by atoms with Crippen LogP contribution in [0.5, 0.6) is 0 Å². The zero-order chi connectivity index (χ0) is 15.9. The maximum absolute atomic E-state index is 12.7. The van der Waals surface area contributed by atoms with Crippen LogP contribution < -0.4 is 5.32 Å². The predicted octanol–water partition coefficient (Wildman–Crippen LogP) is 2.72. The van der Waals surface area contributed by atoms with E-state index < -0.39 is 5.60 Å². The van der Waals surface area contributed by atoms with E-state index in [0.29, 0.717) is 6.54 Å². The van der Waals surface area contributed by atoms with Crippen LogP contribution in [0.4, 0.5) is 9.18 Å². The number of nitrogens with zero attached hydrogens (tertiary/aromatic N) is 1. The molecular weight excluding hydrogens is 291 g/mol. The van der Waals surface area contributed by atoms with Crippen LogP contribution in [0.2, 0.25) is 0 Å². The Morgan fingerprint density at radius 3 is 2.57 bits per heavy atom. The van der Waals surface area contributed by atoms with Crippen molar-refractivity contribution in [1.82, 2.24) is 10.2 Å². The summed E-state index contributed by atoms with van der Waals surface area (Å²) in [6.45, 7) is 4.18. The van der Waals surface area contributed by atoms with E-state index >= 15 is 0 Å². The highest BCUT2D eigenvalue weighted by atomic mass is 32.2. The number of likely N-dealkylation sites (N-methyl/N-ethyl adjacent to an activating group) is 1. The van der Waals surface area contributed by atoms with Crippen LogP contribution in [0, 0.1) is 5.82 Å². The van der Waals surface area contributed by atoms with E-state index in [4.69, 9.17) is 0 Å². The van der Waals surface area contributed by atoms with E-state index in [9.17, 15) is 14.3 Å². The maximum Gasteiger partial charge on any atom is 0.317 e.